The van der Waals surface area contributed by atoms with Crippen molar-refractivity contribution in [2.45, 2.75) is 77.9 Å². The maximum atomic E-state index is 13.7. The number of phenols is 18. The third kappa shape index (κ3) is 10.4. The van der Waals surface area contributed by atoms with E-state index in [0.717, 1.165) is 18.2 Å². The first-order valence-corrected chi connectivity index (χ1v) is 33.5. The molecule has 0 spiro atoms. The Balaban J connectivity index is 0.992. The SMILES string of the molecule is CC(c1ccc(O)cc1)[C@@H]1c2cc(O)cc(O)c2[C@@H](c2ccc(O)cc2)[C@@H]2c3c1c(O)cc(O)c3[C@H](c1cc(O)c([C@H](c3ccc(O)cc3)C3c4cc(O)cc(O)c4[C@H](c4ccc(O)cc4)[C@H]4c5c3c(O)cc(O)c5[C@H](c3cc(O)cc(O)c3)[C@H]4c3ccc(O)cc3)c(O)c1)C2c1ccc(O)cc1. The average Bonchev–Trinajstić information content (AvgIpc) is 1.54. The minimum absolute atomic E-state index is 0.0189. The van der Waals surface area contributed by atoms with E-state index in [1.165, 1.54) is 121 Å². The molecule has 0 amide bonds. The molecule has 18 nitrogen and oxygen atoms in total. The van der Waals surface area contributed by atoms with Crippen LogP contribution in [0, 0.1) is 0 Å². The van der Waals surface area contributed by atoms with E-state index in [9.17, 15) is 91.9 Å². The van der Waals surface area contributed by atoms with E-state index in [-0.39, 0.29) is 119 Å². The van der Waals surface area contributed by atoms with Crippen LogP contribution >= 0.6 is 0 Å². The summed E-state index contributed by atoms with van der Waals surface area (Å²) in [4.78, 5) is 0. The van der Waals surface area contributed by atoms with Crippen molar-refractivity contribution in [3.63, 3.8) is 0 Å². The Kier molecular flexibility index (Phi) is 15.2. The van der Waals surface area contributed by atoms with Gasteiger partial charge in [0.1, 0.15) is 103 Å². The lowest BCUT2D eigenvalue weighted by Crippen LogP contribution is -2.20. The van der Waals surface area contributed by atoms with Crippen LogP contribution in [0.2, 0.25) is 0 Å². The van der Waals surface area contributed by atoms with Gasteiger partial charge in [-0.15, -0.1) is 0 Å². The van der Waals surface area contributed by atoms with Gasteiger partial charge in [0, 0.05) is 134 Å². The number of rotatable bonds is 11. The fourth-order valence-electron chi connectivity index (χ4n) is 18.5. The number of benzene rings is 12. The molecule has 0 aliphatic heterocycles. The van der Waals surface area contributed by atoms with Crippen LogP contribution < -0.4 is 0 Å². The molecule has 12 aromatic carbocycles. The van der Waals surface area contributed by atoms with Gasteiger partial charge in [-0.2, -0.15) is 0 Å². The average molecular weight is 1380 g/mol. The molecule has 0 aromatic heterocycles. The monoisotopic (exact) mass is 1380 g/mol. The Morgan fingerprint density at radius 3 is 0.913 bits per heavy atom. The highest BCUT2D eigenvalue weighted by molar-refractivity contribution is 5.76. The normalized spacial score (nSPS) is 21.1. The quantitative estimate of drug-likeness (QED) is 0.0572. The van der Waals surface area contributed by atoms with Crippen molar-refractivity contribution in [2.24, 2.45) is 0 Å². The number of aromatic hydroxyl groups is 18. The molecular weight excluding hydrogens is 1310 g/mol. The fraction of sp³-hybridized carbons (Fsp3) is 0.153. The molecule has 4 aliphatic carbocycles. The van der Waals surface area contributed by atoms with Crippen LogP contribution in [0.1, 0.15) is 184 Å². The molecule has 16 rings (SSSR count). The smallest absolute Gasteiger partial charge is 0.123 e. The third-order valence-electron chi connectivity index (χ3n) is 22.3. The van der Waals surface area contributed by atoms with Crippen LogP contribution in [0.3, 0.4) is 0 Å². The van der Waals surface area contributed by atoms with Gasteiger partial charge in [-0.25, -0.2) is 0 Å². The van der Waals surface area contributed by atoms with Gasteiger partial charge in [0.05, 0.1) is 0 Å². The third-order valence-corrected chi connectivity index (χ3v) is 22.3. The Labute approximate surface area is 588 Å². The topological polar surface area (TPSA) is 364 Å². The van der Waals surface area contributed by atoms with Crippen molar-refractivity contribution in [3.05, 3.63) is 318 Å². The summed E-state index contributed by atoms with van der Waals surface area (Å²) in [6.07, 6.45) is 0. The molecular formula is C85H68O18. The zero-order valence-corrected chi connectivity index (χ0v) is 54.7. The number of hydrogen-bond acceptors (Lipinski definition) is 18. The predicted molar refractivity (Wildman–Crippen MR) is 380 cm³/mol. The second kappa shape index (κ2) is 24.2. The van der Waals surface area contributed by atoms with Crippen molar-refractivity contribution in [1.82, 2.24) is 0 Å². The highest BCUT2D eigenvalue weighted by Crippen LogP contribution is 2.73. The van der Waals surface area contributed by atoms with E-state index >= 15 is 0 Å². The largest absolute Gasteiger partial charge is 0.508 e. The van der Waals surface area contributed by atoms with Gasteiger partial charge in [0.2, 0.25) is 0 Å². The molecule has 12 aromatic rings. The van der Waals surface area contributed by atoms with Gasteiger partial charge in [-0.3, -0.25) is 0 Å². The highest BCUT2D eigenvalue weighted by Gasteiger charge is 2.57. The highest BCUT2D eigenvalue weighted by atomic mass is 16.3. The molecule has 12 atom stereocenters. The van der Waals surface area contributed by atoms with Crippen LogP contribution in [0.4, 0.5) is 0 Å². The van der Waals surface area contributed by atoms with Crippen LogP contribution in [-0.2, 0) is 0 Å². The Hall–Kier alpha value is -13.0. The van der Waals surface area contributed by atoms with Gasteiger partial charge >= 0.3 is 0 Å². The molecule has 18 N–H and O–H groups in total. The summed E-state index contributed by atoms with van der Waals surface area (Å²) in [6.45, 7) is 1.89. The Bertz CT molecular complexity index is 5350. The molecule has 103 heavy (non-hydrogen) atoms. The Morgan fingerprint density at radius 2 is 0.515 bits per heavy atom. The summed E-state index contributed by atoms with van der Waals surface area (Å²) in [5.41, 5.74) is 5.65. The summed E-state index contributed by atoms with van der Waals surface area (Å²) in [5.74, 6) is -18.5. The summed E-state index contributed by atoms with van der Waals surface area (Å²) in [6, 6.07) is 52.0. The first-order valence-electron chi connectivity index (χ1n) is 33.5. The van der Waals surface area contributed by atoms with Gasteiger partial charge in [0.15, 0.2) is 0 Å². The molecule has 4 aliphatic rings. The molecule has 18 heteroatoms. The molecule has 3 unspecified atom stereocenters. The van der Waals surface area contributed by atoms with Gasteiger partial charge in [-0.05, 0) is 182 Å². The standard InChI is InChI=1S/C85H68O18/c1-37(38-2-14-46(86)15-3-38)66-56-31-54(94)33-60(98)74(56)69(41-8-20-49(89)21-9-41)82-68(40-6-18-48(88)19-7-40)73(80-63(101)35-62(100)78(66)84(80)82)45-28-58(96)77(59(97)29-45)71(43-12-24-51(91)25-13-43)76-57-32-55(95)34-61(99)75(57)70(42-10-22-50(90)23-11-42)83-67(39-4-16-47(87)17-5-39)72(44-26-52(92)30-53(93)27-44)79-64(102)36-65(103)81(76)85(79)83/h2-37,66-73,76,82-83,86-103H,1H3/t37?,66-,67-,68?,69-,70+,71-,72-,73-,76?,82-,83+/m1/s1. The van der Waals surface area contributed by atoms with Crippen LogP contribution in [-0.4, -0.2) is 91.9 Å². The lowest BCUT2D eigenvalue weighted by atomic mass is 9.68. The molecule has 0 bridgehead atoms. The number of fused-ring (bicyclic) bond motifs is 2. The minimum Gasteiger partial charge on any atom is -0.508 e. The van der Waals surface area contributed by atoms with Crippen LogP contribution in [0.5, 0.6) is 103 Å². The summed E-state index contributed by atoms with van der Waals surface area (Å²) < 4.78 is 0. The van der Waals surface area contributed by atoms with Crippen molar-refractivity contribution in [3.8, 4) is 103 Å². The van der Waals surface area contributed by atoms with E-state index in [0.29, 0.717) is 50.1 Å². The van der Waals surface area contributed by atoms with Crippen molar-refractivity contribution >= 4 is 0 Å². The Morgan fingerprint density at radius 1 is 0.214 bits per heavy atom. The van der Waals surface area contributed by atoms with Crippen molar-refractivity contribution in [1.29, 1.82) is 0 Å². The molecule has 0 heterocycles. The number of phenolic OH excluding ortho intramolecular Hbond substituents is 18. The van der Waals surface area contributed by atoms with E-state index < -0.39 is 111 Å². The minimum atomic E-state index is -1.48. The summed E-state index contributed by atoms with van der Waals surface area (Å²) >= 11 is 0. The second-order valence-electron chi connectivity index (χ2n) is 27.8. The van der Waals surface area contributed by atoms with Crippen LogP contribution in [0.15, 0.2) is 212 Å². The molecule has 0 radical (unpaired) electrons. The predicted octanol–water partition coefficient (Wildman–Crippen LogP) is 15.6. The maximum Gasteiger partial charge on any atom is 0.123 e. The van der Waals surface area contributed by atoms with E-state index in [4.69, 9.17) is 0 Å². The van der Waals surface area contributed by atoms with E-state index in [1.807, 2.05) is 6.92 Å². The summed E-state index contributed by atoms with van der Waals surface area (Å²) in [7, 11) is 0. The zero-order chi connectivity index (χ0) is 72.0. The zero-order valence-electron chi connectivity index (χ0n) is 54.7. The summed E-state index contributed by atoms with van der Waals surface area (Å²) in [5, 5.41) is 217. The van der Waals surface area contributed by atoms with Gasteiger partial charge < -0.3 is 91.9 Å². The van der Waals surface area contributed by atoms with Gasteiger partial charge in [-0.1, -0.05) is 79.7 Å². The van der Waals surface area contributed by atoms with Crippen molar-refractivity contribution in [2.75, 3.05) is 0 Å². The lowest BCUT2D eigenvalue weighted by Gasteiger charge is -2.35. The van der Waals surface area contributed by atoms with E-state index in [2.05, 4.69) is 0 Å². The molecule has 0 saturated heterocycles. The second-order valence-corrected chi connectivity index (χ2v) is 27.8. The first-order chi connectivity index (χ1) is 49.4. The first kappa shape index (κ1) is 64.7. The lowest BCUT2D eigenvalue weighted by molar-refractivity contribution is 0.414. The molecule has 516 valence electrons. The maximum absolute atomic E-state index is 13.7. The van der Waals surface area contributed by atoms with Gasteiger partial charge in [0.25, 0.3) is 0 Å². The number of hydrogen-bond donors (Lipinski definition) is 18. The van der Waals surface area contributed by atoms with E-state index in [1.54, 1.807) is 72.8 Å². The van der Waals surface area contributed by atoms with Crippen LogP contribution in [0.25, 0.3) is 0 Å². The van der Waals surface area contributed by atoms with Crippen molar-refractivity contribution < 1.29 is 91.9 Å². The fourth-order valence-corrected chi connectivity index (χ4v) is 18.5. The molecule has 0 fully saturated rings. The molecule has 0 saturated carbocycles.